The summed E-state index contributed by atoms with van der Waals surface area (Å²) in [6.07, 6.45) is 14.0. The van der Waals surface area contributed by atoms with Crippen LogP contribution < -0.4 is 0 Å². The van der Waals surface area contributed by atoms with E-state index in [2.05, 4.69) is 13.0 Å². The molecule has 3 saturated carbocycles. The molecule has 3 aliphatic rings. The fourth-order valence-electron chi connectivity index (χ4n) is 6.45. The predicted octanol–water partition coefficient (Wildman–Crippen LogP) is 7.26. The van der Waals surface area contributed by atoms with E-state index in [0.29, 0.717) is 5.92 Å². The van der Waals surface area contributed by atoms with Crippen LogP contribution in [0.15, 0.2) is 18.2 Å². The minimum Gasteiger partial charge on any atom is -0.207 e. The van der Waals surface area contributed by atoms with Crippen molar-refractivity contribution < 1.29 is 4.39 Å². The summed E-state index contributed by atoms with van der Waals surface area (Å²) >= 11 is 0. The van der Waals surface area contributed by atoms with Crippen LogP contribution in [0.2, 0.25) is 0 Å². The molecular weight excluding hydrogens is 307 g/mol. The van der Waals surface area contributed by atoms with Crippen LogP contribution in [-0.4, -0.2) is 0 Å². The first-order chi connectivity index (χ1) is 12.1. The van der Waals surface area contributed by atoms with Gasteiger partial charge in [-0.2, -0.15) is 0 Å². The Morgan fingerprint density at radius 2 is 1.36 bits per heavy atom. The molecule has 4 atom stereocenters. The maximum absolute atomic E-state index is 14.3. The third-order valence-corrected chi connectivity index (χ3v) is 7.95. The van der Waals surface area contributed by atoms with Gasteiger partial charge in [0.15, 0.2) is 0 Å². The summed E-state index contributed by atoms with van der Waals surface area (Å²) in [5.41, 5.74) is 2.02. The summed E-state index contributed by atoms with van der Waals surface area (Å²) in [5, 5.41) is 0. The van der Waals surface area contributed by atoms with Crippen molar-refractivity contribution in [3.8, 4) is 0 Å². The van der Waals surface area contributed by atoms with Gasteiger partial charge in [-0.15, -0.1) is 0 Å². The van der Waals surface area contributed by atoms with E-state index < -0.39 is 0 Å². The van der Waals surface area contributed by atoms with Crippen molar-refractivity contribution in [2.45, 2.75) is 84.0 Å². The average molecular weight is 343 g/mol. The van der Waals surface area contributed by atoms with Gasteiger partial charge in [-0.25, -0.2) is 4.39 Å². The van der Waals surface area contributed by atoms with Gasteiger partial charge in [0.1, 0.15) is 5.82 Å². The van der Waals surface area contributed by atoms with E-state index in [-0.39, 0.29) is 5.82 Å². The largest absolute Gasteiger partial charge is 0.207 e. The van der Waals surface area contributed by atoms with Gasteiger partial charge in [0.05, 0.1) is 0 Å². The molecule has 0 nitrogen and oxygen atoms in total. The van der Waals surface area contributed by atoms with Gasteiger partial charge in [-0.1, -0.05) is 25.5 Å². The lowest BCUT2D eigenvalue weighted by Gasteiger charge is -2.45. The Balaban J connectivity index is 1.33. The lowest BCUT2D eigenvalue weighted by molar-refractivity contribution is 0.0671. The normalized spacial score (nSPS) is 39.0. The molecule has 1 aromatic carbocycles. The Morgan fingerprint density at radius 3 is 2.08 bits per heavy atom. The molecule has 0 radical (unpaired) electrons. The van der Waals surface area contributed by atoms with Gasteiger partial charge in [0.25, 0.3) is 0 Å². The quantitative estimate of drug-likeness (QED) is 0.530. The van der Waals surface area contributed by atoms with Crippen molar-refractivity contribution in [2.24, 2.45) is 29.6 Å². The molecule has 0 spiro atoms. The highest BCUT2D eigenvalue weighted by molar-refractivity contribution is 5.26. The number of hydrogen-bond donors (Lipinski definition) is 0. The monoisotopic (exact) mass is 342 g/mol. The van der Waals surface area contributed by atoms with Crippen molar-refractivity contribution in [3.63, 3.8) is 0 Å². The van der Waals surface area contributed by atoms with E-state index in [9.17, 15) is 4.39 Å². The van der Waals surface area contributed by atoms with E-state index in [1.165, 1.54) is 64.2 Å². The molecule has 0 heterocycles. The smallest absolute Gasteiger partial charge is 0.126 e. The first kappa shape index (κ1) is 17.6. The number of benzene rings is 1. The molecule has 1 heteroatoms. The first-order valence-electron chi connectivity index (χ1n) is 10.9. The van der Waals surface area contributed by atoms with E-state index in [0.717, 1.165) is 40.7 Å². The van der Waals surface area contributed by atoms with Gasteiger partial charge in [0.2, 0.25) is 0 Å². The third-order valence-electron chi connectivity index (χ3n) is 7.95. The summed E-state index contributed by atoms with van der Waals surface area (Å²) < 4.78 is 14.3. The van der Waals surface area contributed by atoms with Gasteiger partial charge in [-0.3, -0.25) is 0 Å². The Labute approximate surface area is 153 Å². The van der Waals surface area contributed by atoms with Gasteiger partial charge >= 0.3 is 0 Å². The van der Waals surface area contributed by atoms with E-state index in [4.69, 9.17) is 0 Å². The summed E-state index contributed by atoms with van der Waals surface area (Å²) in [6.45, 7) is 4.43. The fourth-order valence-corrected chi connectivity index (χ4v) is 6.45. The second-order valence-electron chi connectivity index (χ2n) is 9.65. The molecule has 4 rings (SSSR count). The maximum Gasteiger partial charge on any atom is 0.126 e. The Hall–Kier alpha value is -0.850. The van der Waals surface area contributed by atoms with Gasteiger partial charge in [-0.05, 0) is 117 Å². The maximum atomic E-state index is 14.3. The Bertz CT molecular complexity index is 584. The van der Waals surface area contributed by atoms with Crippen LogP contribution in [0.4, 0.5) is 4.39 Å². The minimum absolute atomic E-state index is 0.0280. The SMILES string of the molecule is Cc1ccc(C2CCC(C3CCC4CC(C)CCC4C3)CC2)c(F)c1. The average Bonchev–Trinajstić information content (AvgIpc) is 2.61. The van der Waals surface area contributed by atoms with Crippen molar-refractivity contribution in [2.75, 3.05) is 0 Å². The molecule has 0 amide bonds. The zero-order valence-electron chi connectivity index (χ0n) is 16.1. The molecule has 3 aliphatic carbocycles. The molecule has 0 aromatic heterocycles. The fraction of sp³-hybridized carbons (Fsp3) is 0.750. The highest BCUT2D eigenvalue weighted by Gasteiger charge is 2.38. The Kier molecular flexibility index (Phi) is 5.20. The summed E-state index contributed by atoms with van der Waals surface area (Å²) in [4.78, 5) is 0. The number of rotatable bonds is 2. The van der Waals surface area contributed by atoms with Crippen LogP contribution in [0.1, 0.15) is 88.2 Å². The number of hydrogen-bond acceptors (Lipinski definition) is 0. The van der Waals surface area contributed by atoms with Crippen molar-refractivity contribution >= 4 is 0 Å². The van der Waals surface area contributed by atoms with Crippen LogP contribution in [0.25, 0.3) is 0 Å². The molecule has 0 saturated heterocycles. The summed E-state index contributed by atoms with van der Waals surface area (Å²) in [5.74, 6) is 5.42. The lowest BCUT2D eigenvalue weighted by atomic mass is 9.61. The van der Waals surface area contributed by atoms with Crippen molar-refractivity contribution in [1.82, 2.24) is 0 Å². The Morgan fingerprint density at radius 1 is 0.760 bits per heavy atom. The molecule has 4 unspecified atom stereocenters. The van der Waals surface area contributed by atoms with Crippen LogP contribution in [-0.2, 0) is 0 Å². The molecule has 1 aromatic rings. The highest BCUT2D eigenvalue weighted by Crippen LogP contribution is 2.49. The van der Waals surface area contributed by atoms with E-state index in [1.807, 2.05) is 13.0 Å². The third kappa shape index (κ3) is 3.81. The number of halogens is 1. The topological polar surface area (TPSA) is 0 Å². The second-order valence-corrected chi connectivity index (χ2v) is 9.65. The van der Waals surface area contributed by atoms with Crippen LogP contribution >= 0.6 is 0 Å². The zero-order chi connectivity index (χ0) is 17.4. The van der Waals surface area contributed by atoms with E-state index >= 15 is 0 Å². The highest BCUT2D eigenvalue weighted by atomic mass is 19.1. The van der Waals surface area contributed by atoms with Crippen LogP contribution in [0.5, 0.6) is 0 Å². The first-order valence-corrected chi connectivity index (χ1v) is 10.9. The summed E-state index contributed by atoms with van der Waals surface area (Å²) in [6, 6.07) is 5.84. The van der Waals surface area contributed by atoms with Crippen molar-refractivity contribution in [3.05, 3.63) is 35.1 Å². The molecule has 138 valence electrons. The standard InChI is InChI=1S/C24H35F/c1-16-3-5-22-15-21(11-10-20(22)13-16)18-6-8-19(9-7-18)23-12-4-17(2)14-24(23)25/h4,12,14,16,18-22H,3,5-11,13,15H2,1-2H3. The van der Waals surface area contributed by atoms with Gasteiger partial charge < -0.3 is 0 Å². The molecule has 25 heavy (non-hydrogen) atoms. The second kappa shape index (κ2) is 7.41. The molecule has 3 fully saturated rings. The van der Waals surface area contributed by atoms with Crippen LogP contribution in [0, 0.1) is 42.3 Å². The number of fused-ring (bicyclic) bond motifs is 1. The molecule has 0 aliphatic heterocycles. The van der Waals surface area contributed by atoms with Crippen molar-refractivity contribution in [1.29, 1.82) is 0 Å². The minimum atomic E-state index is 0.0280. The molecular formula is C24H35F. The molecule has 0 N–H and O–H groups in total. The van der Waals surface area contributed by atoms with Crippen LogP contribution in [0.3, 0.4) is 0 Å². The van der Waals surface area contributed by atoms with Gasteiger partial charge in [0, 0.05) is 0 Å². The van der Waals surface area contributed by atoms with E-state index in [1.54, 1.807) is 6.07 Å². The summed E-state index contributed by atoms with van der Waals surface area (Å²) in [7, 11) is 0. The number of aryl methyl sites for hydroxylation is 1. The zero-order valence-corrected chi connectivity index (χ0v) is 16.1. The lowest BCUT2D eigenvalue weighted by Crippen LogP contribution is -2.34. The predicted molar refractivity (Wildman–Crippen MR) is 103 cm³/mol. The molecule has 0 bridgehead atoms.